The van der Waals surface area contributed by atoms with Crippen LogP contribution in [-0.4, -0.2) is 31.6 Å². The lowest BCUT2D eigenvalue weighted by atomic mass is 10.00. The lowest BCUT2D eigenvalue weighted by molar-refractivity contribution is -0.119. The second kappa shape index (κ2) is 7.99. The quantitative estimate of drug-likeness (QED) is 0.655. The summed E-state index contributed by atoms with van der Waals surface area (Å²) in [6, 6.07) is 14.5. The van der Waals surface area contributed by atoms with Gasteiger partial charge in [0.05, 0.1) is 18.2 Å². The maximum absolute atomic E-state index is 12.6. The van der Waals surface area contributed by atoms with Gasteiger partial charge in [0.25, 0.3) is 5.91 Å². The van der Waals surface area contributed by atoms with Crippen LogP contribution in [0.4, 0.5) is 5.69 Å². The molecule has 3 aromatic carbocycles. The van der Waals surface area contributed by atoms with Crippen molar-refractivity contribution in [1.29, 1.82) is 0 Å². The van der Waals surface area contributed by atoms with Crippen LogP contribution in [0.2, 0.25) is 0 Å². The minimum Gasteiger partial charge on any atom is -0.465 e. The minimum absolute atomic E-state index is 0.322. The molecule has 0 aliphatic heterocycles. The average molecular weight is 403 g/mol. The van der Waals surface area contributed by atoms with Gasteiger partial charge >= 0.3 is 11.9 Å². The number of anilines is 1. The van der Waals surface area contributed by atoms with Crippen molar-refractivity contribution in [3.05, 3.63) is 76.3 Å². The molecule has 1 amide bonds. The maximum atomic E-state index is 12.6. The predicted octanol–water partition coefficient (Wildman–Crippen LogP) is 3.83. The molecule has 0 saturated carbocycles. The van der Waals surface area contributed by atoms with E-state index in [2.05, 4.69) is 11.4 Å². The van der Waals surface area contributed by atoms with Gasteiger partial charge in [-0.15, -0.1) is 0 Å². The Bertz CT molecular complexity index is 1170. The van der Waals surface area contributed by atoms with Crippen LogP contribution in [0.5, 0.6) is 0 Å². The van der Waals surface area contributed by atoms with Gasteiger partial charge in [-0.25, -0.2) is 9.59 Å². The molecule has 152 valence electrons. The summed E-state index contributed by atoms with van der Waals surface area (Å²) in [4.78, 5) is 36.7. The van der Waals surface area contributed by atoms with Crippen LogP contribution in [0.1, 0.15) is 37.4 Å². The number of hydrogen-bond donors (Lipinski definition) is 1. The molecule has 1 aliphatic carbocycles. The van der Waals surface area contributed by atoms with Crippen LogP contribution in [-0.2, 0) is 27.1 Å². The summed E-state index contributed by atoms with van der Waals surface area (Å²) in [6.07, 6.45) is 1.94. The van der Waals surface area contributed by atoms with Crippen molar-refractivity contribution in [3.8, 4) is 0 Å². The first-order valence-electron chi connectivity index (χ1n) is 9.67. The van der Waals surface area contributed by atoms with Crippen LogP contribution >= 0.6 is 0 Å². The second-order valence-corrected chi connectivity index (χ2v) is 7.26. The Kier molecular flexibility index (Phi) is 5.23. The summed E-state index contributed by atoms with van der Waals surface area (Å²) < 4.78 is 9.97. The number of carbonyl (C=O) groups excluding carboxylic acids is 3. The van der Waals surface area contributed by atoms with Gasteiger partial charge in [-0.1, -0.05) is 30.3 Å². The first kappa shape index (κ1) is 19.6. The fourth-order valence-electron chi connectivity index (χ4n) is 3.82. The first-order valence-corrected chi connectivity index (χ1v) is 9.67. The maximum Gasteiger partial charge on any atom is 0.339 e. The predicted molar refractivity (Wildman–Crippen MR) is 113 cm³/mol. The zero-order valence-corrected chi connectivity index (χ0v) is 16.8. The number of aryl methyl sites for hydroxylation is 3. The first-order chi connectivity index (χ1) is 14.5. The second-order valence-electron chi connectivity index (χ2n) is 7.26. The van der Waals surface area contributed by atoms with Gasteiger partial charge in [-0.05, 0) is 65.4 Å². The Labute approximate surface area is 173 Å². The molecule has 0 aromatic heterocycles. The van der Waals surface area contributed by atoms with Gasteiger partial charge < -0.3 is 14.8 Å². The van der Waals surface area contributed by atoms with E-state index in [1.807, 2.05) is 18.2 Å². The Morgan fingerprint density at radius 1 is 0.967 bits per heavy atom. The molecule has 4 rings (SSSR count). The lowest BCUT2D eigenvalue weighted by Crippen LogP contribution is -2.21. The van der Waals surface area contributed by atoms with E-state index < -0.39 is 24.5 Å². The Morgan fingerprint density at radius 2 is 1.73 bits per heavy atom. The van der Waals surface area contributed by atoms with Crippen LogP contribution in [0.25, 0.3) is 10.8 Å². The highest BCUT2D eigenvalue weighted by molar-refractivity contribution is 6.07. The molecule has 3 aromatic rings. The zero-order chi connectivity index (χ0) is 21.3. The minimum atomic E-state index is -0.541. The highest BCUT2D eigenvalue weighted by atomic mass is 16.5. The van der Waals surface area contributed by atoms with Crippen LogP contribution < -0.4 is 5.32 Å². The van der Waals surface area contributed by atoms with E-state index >= 15 is 0 Å². The molecule has 1 N–H and O–H groups in total. The molecule has 0 spiro atoms. The summed E-state index contributed by atoms with van der Waals surface area (Å²) in [5.74, 6) is -1.52. The van der Waals surface area contributed by atoms with E-state index in [9.17, 15) is 14.4 Å². The summed E-state index contributed by atoms with van der Waals surface area (Å²) in [6.45, 7) is 1.37. The fourth-order valence-corrected chi connectivity index (χ4v) is 3.82. The average Bonchev–Trinajstić information content (AvgIpc) is 3.18. The summed E-state index contributed by atoms with van der Waals surface area (Å²) >= 11 is 0. The molecule has 0 saturated heterocycles. The van der Waals surface area contributed by atoms with Gasteiger partial charge in [0, 0.05) is 5.69 Å². The smallest absolute Gasteiger partial charge is 0.339 e. The third kappa shape index (κ3) is 3.64. The monoisotopic (exact) mass is 403 g/mol. The highest BCUT2D eigenvalue weighted by Crippen LogP contribution is 2.33. The van der Waals surface area contributed by atoms with Gasteiger partial charge in [0.1, 0.15) is 0 Å². The van der Waals surface area contributed by atoms with Crippen LogP contribution in [0, 0.1) is 6.92 Å². The lowest BCUT2D eigenvalue weighted by Gasteiger charge is -2.11. The summed E-state index contributed by atoms with van der Waals surface area (Å²) in [7, 11) is 1.29. The van der Waals surface area contributed by atoms with Crippen molar-refractivity contribution in [2.75, 3.05) is 19.0 Å². The molecule has 0 unspecified atom stereocenters. The molecular formula is C24H21NO5. The van der Waals surface area contributed by atoms with Crippen molar-refractivity contribution in [3.63, 3.8) is 0 Å². The molecule has 1 aliphatic rings. The Balaban J connectivity index is 1.46. The summed E-state index contributed by atoms with van der Waals surface area (Å²) in [5, 5.41) is 4.65. The third-order valence-corrected chi connectivity index (χ3v) is 5.36. The molecule has 0 fully saturated rings. The molecule has 0 bridgehead atoms. The van der Waals surface area contributed by atoms with E-state index in [1.165, 1.54) is 24.3 Å². The topological polar surface area (TPSA) is 81.7 Å². The van der Waals surface area contributed by atoms with Gasteiger partial charge in [-0.2, -0.15) is 0 Å². The zero-order valence-electron chi connectivity index (χ0n) is 16.8. The number of esters is 2. The molecular weight excluding hydrogens is 382 g/mol. The number of rotatable bonds is 5. The summed E-state index contributed by atoms with van der Waals surface area (Å²) in [5.41, 5.74) is 4.48. The largest absolute Gasteiger partial charge is 0.465 e. The number of amides is 1. The highest BCUT2D eigenvalue weighted by Gasteiger charge is 2.20. The number of nitrogens with one attached hydrogen (secondary N) is 1. The normalized spacial score (nSPS) is 11.9. The van der Waals surface area contributed by atoms with Gasteiger partial charge in [0.2, 0.25) is 0 Å². The fraction of sp³-hybridized carbons (Fsp3) is 0.208. The Hall–Kier alpha value is -3.67. The van der Waals surface area contributed by atoms with Crippen LogP contribution in [0.15, 0.2) is 48.5 Å². The van der Waals surface area contributed by atoms with Crippen molar-refractivity contribution < 1.29 is 23.9 Å². The SMILES string of the molecule is COC(=O)c1ccc(C)c(NC(=O)COC(=O)c2ccc3c4c(cccc24)CC3)c1. The third-order valence-electron chi connectivity index (χ3n) is 5.36. The molecule has 0 atom stereocenters. The van der Waals surface area contributed by atoms with Gasteiger partial charge in [-0.3, -0.25) is 4.79 Å². The van der Waals surface area contributed by atoms with E-state index in [0.29, 0.717) is 16.8 Å². The van der Waals surface area contributed by atoms with E-state index in [0.717, 1.165) is 29.2 Å². The number of methoxy groups -OCH3 is 1. The van der Waals surface area contributed by atoms with Crippen LogP contribution in [0.3, 0.4) is 0 Å². The van der Waals surface area contributed by atoms with Crippen molar-refractivity contribution in [2.45, 2.75) is 19.8 Å². The molecule has 6 nitrogen and oxygen atoms in total. The molecule has 6 heteroatoms. The molecule has 0 radical (unpaired) electrons. The standard InChI is InChI=1S/C24H21NO5/c1-14-6-7-17(23(27)29-2)12-20(14)25-21(26)13-30-24(28)19-11-10-16-9-8-15-4-3-5-18(19)22(15)16/h3-7,10-12H,8-9,13H2,1-2H3,(H,25,26). The van der Waals surface area contributed by atoms with Gasteiger partial charge in [0.15, 0.2) is 6.61 Å². The number of hydrogen-bond acceptors (Lipinski definition) is 5. The Morgan fingerprint density at radius 3 is 2.50 bits per heavy atom. The molecule has 30 heavy (non-hydrogen) atoms. The number of benzene rings is 3. The van der Waals surface area contributed by atoms with E-state index in [1.54, 1.807) is 25.1 Å². The molecule has 0 heterocycles. The van der Waals surface area contributed by atoms with Crippen molar-refractivity contribution in [1.82, 2.24) is 0 Å². The van der Waals surface area contributed by atoms with E-state index in [4.69, 9.17) is 9.47 Å². The number of carbonyl (C=O) groups is 3. The number of ether oxygens (including phenoxy) is 2. The van der Waals surface area contributed by atoms with Crippen molar-refractivity contribution in [2.24, 2.45) is 0 Å². The van der Waals surface area contributed by atoms with E-state index in [-0.39, 0.29) is 0 Å². The van der Waals surface area contributed by atoms with Crippen molar-refractivity contribution >= 4 is 34.3 Å².